The normalized spacial score (nSPS) is 12.0. The highest BCUT2D eigenvalue weighted by atomic mass is 32.2. The summed E-state index contributed by atoms with van der Waals surface area (Å²) in [5.41, 5.74) is 2.07. The average Bonchev–Trinajstić information content (AvgIpc) is 2.95. The molecule has 1 heterocycles. The van der Waals surface area contributed by atoms with E-state index < -0.39 is 0 Å². The summed E-state index contributed by atoms with van der Waals surface area (Å²) in [7, 11) is 0. The van der Waals surface area contributed by atoms with E-state index in [9.17, 15) is 4.79 Å². The van der Waals surface area contributed by atoms with Gasteiger partial charge in [0.1, 0.15) is 0 Å². The maximum Gasteiger partial charge on any atom is 0.237 e. The van der Waals surface area contributed by atoms with Crippen LogP contribution in [0.15, 0.2) is 28.6 Å². The number of thioether (sulfide) groups is 1. The van der Waals surface area contributed by atoms with Crippen LogP contribution in [0.25, 0.3) is 0 Å². The Morgan fingerprint density at radius 2 is 2.00 bits per heavy atom. The van der Waals surface area contributed by atoms with Gasteiger partial charge in [0.05, 0.1) is 5.25 Å². The Bertz CT molecular complexity index is 612. The molecule has 0 unspecified atom stereocenters. The second-order valence-corrected chi connectivity index (χ2v) is 7.27. The summed E-state index contributed by atoms with van der Waals surface area (Å²) in [5, 5.41) is 14.7. The minimum Gasteiger partial charge on any atom is -0.360 e. The molecule has 118 valence electrons. The van der Waals surface area contributed by atoms with Crippen LogP contribution >= 0.6 is 23.1 Å². The van der Waals surface area contributed by atoms with Crippen LogP contribution in [-0.2, 0) is 11.2 Å². The van der Waals surface area contributed by atoms with Gasteiger partial charge in [0.2, 0.25) is 11.0 Å². The molecule has 0 aliphatic heterocycles. The molecule has 0 saturated carbocycles. The SMILES string of the molecule is CCNc1nnc(S[C@H](C)C(=O)Nc2ccc(CC)cc2)s1. The molecule has 1 amide bonds. The lowest BCUT2D eigenvalue weighted by molar-refractivity contribution is -0.115. The van der Waals surface area contributed by atoms with E-state index in [0.717, 1.165) is 28.1 Å². The number of amides is 1. The summed E-state index contributed by atoms with van der Waals surface area (Å²) in [4.78, 5) is 12.2. The highest BCUT2D eigenvalue weighted by Gasteiger charge is 2.17. The number of carbonyl (C=O) groups is 1. The zero-order chi connectivity index (χ0) is 15.9. The van der Waals surface area contributed by atoms with Crippen molar-refractivity contribution in [2.24, 2.45) is 0 Å². The summed E-state index contributed by atoms with van der Waals surface area (Å²) in [6.07, 6.45) is 0.992. The first-order chi connectivity index (χ1) is 10.6. The van der Waals surface area contributed by atoms with Crippen molar-refractivity contribution >= 4 is 39.8 Å². The fraction of sp³-hybridized carbons (Fsp3) is 0.400. The van der Waals surface area contributed by atoms with Gasteiger partial charge in [-0.1, -0.05) is 42.2 Å². The molecular formula is C15H20N4OS2. The number of rotatable bonds is 7. The standard InChI is InChI=1S/C15H20N4OS2/c1-4-11-6-8-12(9-7-11)17-13(20)10(3)21-15-19-18-14(22-15)16-5-2/h6-10H,4-5H2,1-3H3,(H,16,18)(H,17,20)/t10-/m1/s1. The van der Waals surface area contributed by atoms with Gasteiger partial charge in [-0.15, -0.1) is 10.2 Å². The second kappa shape index (κ2) is 8.14. The van der Waals surface area contributed by atoms with Gasteiger partial charge in [-0.2, -0.15) is 0 Å². The first kappa shape index (κ1) is 16.8. The van der Waals surface area contributed by atoms with Crippen molar-refractivity contribution in [3.8, 4) is 0 Å². The highest BCUT2D eigenvalue weighted by Crippen LogP contribution is 2.29. The number of carbonyl (C=O) groups excluding carboxylic acids is 1. The molecule has 1 aromatic heterocycles. The van der Waals surface area contributed by atoms with E-state index in [-0.39, 0.29) is 11.2 Å². The number of benzene rings is 1. The number of nitrogens with one attached hydrogen (secondary N) is 2. The Morgan fingerprint density at radius 3 is 2.64 bits per heavy atom. The Morgan fingerprint density at radius 1 is 1.27 bits per heavy atom. The number of aryl methyl sites for hydroxylation is 1. The van der Waals surface area contributed by atoms with Gasteiger partial charge in [0, 0.05) is 12.2 Å². The van der Waals surface area contributed by atoms with E-state index in [1.165, 1.54) is 28.7 Å². The van der Waals surface area contributed by atoms with Crippen molar-refractivity contribution in [2.75, 3.05) is 17.2 Å². The van der Waals surface area contributed by atoms with E-state index in [0.29, 0.717) is 0 Å². The average molecular weight is 336 g/mol. The maximum absolute atomic E-state index is 12.2. The minimum absolute atomic E-state index is 0.0329. The van der Waals surface area contributed by atoms with Crippen LogP contribution in [-0.4, -0.2) is 27.9 Å². The maximum atomic E-state index is 12.2. The van der Waals surface area contributed by atoms with Crippen LogP contribution in [0, 0.1) is 0 Å². The van der Waals surface area contributed by atoms with Crippen molar-refractivity contribution in [3.63, 3.8) is 0 Å². The van der Waals surface area contributed by atoms with Crippen molar-refractivity contribution < 1.29 is 4.79 Å². The van der Waals surface area contributed by atoms with Gasteiger partial charge in [-0.25, -0.2) is 0 Å². The Kier molecular flexibility index (Phi) is 6.21. The van der Waals surface area contributed by atoms with Gasteiger partial charge in [-0.05, 0) is 38.0 Å². The van der Waals surface area contributed by atoms with Crippen molar-refractivity contribution in [1.29, 1.82) is 0 Å². The second-order valence-electron chi connectivity index (χ2n) is 4.70. The van der Waals surface area contributed by atoms with E-state index in [1.807, 2.05) is 38.1 Å². The molecule has 1 aromatic carbocycles. The Balaban J connectivity index is 1.90. The summed E-state index contributed by atoms with van der Waals surface area (Å²) >= 11 is 2.88. The molecule has 0 aliphatic rings. The van der Waals surface area contributed by atoms with Crippen molar-refractivity contribution in [3.05, 3.63) is 29.8 Å². The molecule has 0 spiro atoms. The van der Waals surface area contributed by atoms with Gasteiger partial charge >= 0.3 is 0 Å². The number of anilines is 2. The number of hydrogen-bond donors (Lipinski definition) is 2. The Hall–Kier alpha value is -1.60. The molecule has 2 aromatic rings. The summed E-state index contributed by atoms with van der Waals surface area (Å²) in [5.74, 6) is -0.0329. The first-order valence-electron chi connectivity index (χ1n) is 7.26. The molecule has 0 aliphatic carbocycles. The smallest absolute Gasteiger partial charge is 0.237 e. The summed E-state index contributed by atoms with van der Waals surface area (Å²) in [6.45, 7) is 6.79. The molecule has 0 fully saturated rings. The number of nitrogens with zero attached hydrogens (tertiary/aromatic N) is 2. The van der Waals surface area contributed by atoms with Crippen molar-refractivity contribution in [1.82, 2.24) is 10.2 Å². The van der Waals surface area contributed by atoms with Gasteiger partial charge in [0.25, 0.3) is 0 Å². The fourth-order valence-electron chi connectivity index (χ4n) is 1.75. The zero-order valence-corrected chi connectivity index (χ0v) is 14.6. The monoisotopic (exact) mass is 336 g/mol. The fourth-order valence-corrected chi connectivity index (χ4v) is 3.72. The quantitative estimate of drug-likeness (QED) is 0.756. The van der Waals surface area contributed by atoms with Crippen LogP contribution in [0.2, 0.25) is 0 Å². The third-order valence-corrected chi connectivity index (χ3v) is 5.08. The summed E-state index contributed by atoms with van der Waals surface area (Å²) in [6, 6.07) is 7.92. The molecule has 22 heavy (non-hydrogen) atoms. The predicted molar refractivity (Wildman–Crippen MR) is 93.8 cm³/mol. The lowest BCUT2D eigenvalue weighted by atomic mass is 10.1. The van der Waals surface area contributed by atoms with Crippen molar-refractivity contribution in [2.45, 2.75) is 36.8 Å². The van der Waals surface area contributed by atoms with Crippen LogP contribution in [0.3, 0.4) is 0 Å². The zero-order valence-electron chi connectivity index (χ0n) is 12.9. The molecule has 7 heteroatoms. The first-order valence-corrected chi connectivity index (χ1v) is 8.95. The highest BCUT2D eigenvalue weighted by molar-refractivity contribution is 8.02. The Labute approximate surface area is 138 Å². The van der Waals surface area contributed by atoms with E-state index in [1.54, 1.807) is 0 Å². The minimum atomic E-state index is -0.228. The van der Waals surface area contributed by atoms with Gasteiger partial charge in [0.15, 0.2) is 4.34 Å². The number of aromatic nitrogens is 2. The molecule has 5 nitrogen and oxygen atoms in total. The molecule has 2 N–H and O–H groups in total. The molecule has 1 atom stereocenters. The predicted octanol–water partition coefficient (Wildman–Crippen LogP) is 3.65. The lowest BCUT2D eigenvalue weighted by Gasteiger charge is -2.10. The molecule has 0 radical (unpaired) electrons. The van der Waals surface area contributed by atoms with E-state index in [2.05, 4.69) is 27.8 Å². The lowest BCUT2D eigenvalue weighted by Crippen LogP contribution is -2.22. The van der Waals surface area contributed by atoms with Crippen LogP contribution in [0.4, 0.5) is 10.8 Å². The molecule has 2 rings (SSSR count). The largest absolute Gasteiger partial charge is 0.360 e. The topological polar surface area (TPSA) is 66.9 Å². The molecular weight excluding hydrogens is 316 g/mol. The summed E-state index contributed by atoms with van der Waals surface area (Å²) < 4.78 is 0.792. The number of hydrogen-bond acceptors (Lipinski definition) is 6. The van der Waals surface area contributed by atoms with Crippen LogP contribution in [0.5, 0.6) is 0 Å². The van der Waals surface area contributed by atoms with E-state index in [4.69, 9.17) is 0 Å². The molecule has 0 bridgehead atoms. The third kappa shape index (κ3) is 4.71. The van der Waals surface area contributed by atoms with Crippen LogP contribution < -0.4 is 10.6 Å². The van der Waals surface area contributed by atoms with Gasteiger partial charge < -0.3 is 10.6 Å². The van der Waals surface area contributed by atoms with E-state index >= 15 is 0 Å². The van der Waals surface area contributed by atoms with Crippen LogP contribution in [0.1, 0.15) is 26.3 Å². The van der Waals surface area contributed by atoms with Gasteiger partial charge in [-0.3, -0.25) is 4.79 Å². The third-order valence-electron chi connectivity index (χ3n) is 3.01. The molecule has 0 saturated heterocycles.